The number of hydrogen-bond acceptors (Lipinski definition) is 1. The van der Waals surface area contributed by atoms with E-state index in [-0.39, 0.29) is 0 Å². The third-order valence-electron chi connectivity index (χ3n) is 3.88. The fourth-order valence-corrected chi connectivity index (χ4v) is 2.50. The summed E-state index contributed by atoms with van der Waals surface area (Å²) in [5.74, 6) is 1.01. The first-order valence-electron chi connectivity index (χ1n) is 7.61. The molecule has 0 aromatic heterocycles. The minimum Gasteiger partial charge on any atom is -0.314 e. The molecular formula is C15H31N. The van der Waals surface area contributed by atoms with Crippen molar-refractivity contribution in [1.29, 1.82) is 0 Å². The highest BCUT2D eigenvalue weighted by Gasteiger charge is 2.34. The number of unbranched alkanes of at least 4 members (excludes halogenated alkanes) is 7. The van der Waals surface area contributed by atoms with Crippen LogP contribution in [0.4, 0.5) is 0 Å². The first kappa shape index (κ1) is 14.0. The van der Waals surface area contributed by atoms with Gasteiger partial charge >= 0.3 is 0 Å². The summed E-state index contributed by atoms with van der Waals surface area (Å²) in [6.45, 7) is 5.85. The monoisotopic (exact) mass is 225 g/mol. The average molecular weight is 225 g/mol. The van der Waals surface area contributed by atoms with Crippen molar-refractivity contribution in [3.63, 3.8) is 0 Å². The molecule has 2 unspecified atom stereocenters. The Labute approximate surface area is 102 Å². The van der Waals surface area contributed by atoms with E-state index in [0.29, 0.717) is 0 Å². The first-order chi connectivity index (χ1) is 7.88. The highest BCUT2D eigenvalue weighted by atomic mass is 15.0. The Bertz CT molecular complexity index is 156. The Morgan fingerprint density at radius 3 is 2.06 bits per heavy atom. The van der Waals surface area contributed by atoms with E-state index in [1.807, 2.05) is 0 Å². The fourth-order valence-electron chi connectivity index (χ4n) is 2.50. The van der Waals surface area contributed by atoms with Crippen molar-refractivity contribution in [2.24, 2.45) is 5.92 Å². The normalized spacial score (nSPS) is 23.6. The second-order valence-corrected chi connectivity index (χ2v) is 5.44. The molecule has 0 spiro atoms. The van der Waals surface area contributed by atoms with E-state index < -0.39 is 0 Å². The molecule has 0 aromatic carbocycles. The lowest BCUT2D eigenvalue weighted by atomic mass is 10.1. The second kappa shape index (κ2) is 9.04. The third kappa shape index (κ3) is 6.52. The summed E-state index contributed by atoms with van der Waals surface area (Å²) in [6, 6.07) is 0.884. The quantitative estimate of drug-likeness (QED) is 0.510. The summed E-state index contributed by atoms with van der Waals surface area (Å²) in [5, 5.41) is 3.67. The van der Waals surface area contributed by atoms with Crippen LogP contribution in [0.5, 0.6) is 0 Å². The van der Waals surface area contributed by atoms with E-state index in [4.69, 9.17) is 0 Å². The SMILES string of the molecule is CCCCCCCCCCNC1CC1CC. The molecule has 1 heteroatoms. The molecule has 16 heavy (non-hydrogen) atoms. The van der Waals surface area contributed by atoms with Gasteiger partial charge in [0, 0.05) is 6.04 Å². The Morgan fingerprint density at radius 2 is 1.50 bits per heavy atom. The molecule has 1 fully saturated rings. The van der Waals surface area contributed by atoms with Crippen LogP contribution in [0.1, 0.15) is 78.1 Å². The lowest BCUT2D eigenvalue weighted by Gasteiger charge is -2.04. The molecule has 0 bridgehead atoms. The van der Waals surface area contributed by atoms with Gasteiger partial charge < -0.3 is 5.32 Å². The third-order valence-corrected chi connectivity index (χ3v) is 3.88. The van der Waals surface area contributed by atoms with Gasteiger partial charge in [0.05, 0.1) is 0 Å². The Kier molecular flexibility index (Phi) is 7.92. The first-order valence-corrected chi connectivity index (χ1v) is 7.61. The summed E-state index contributed by atoms with van der Waals surface area (Å²) >= 11 is 0. The summed E-state index contributed by atoms with van der Waals surface area (Å²) < 4.78 is 0. The zero-order valence-electron chi connectivity index (χ0n) is 11.4. The summed E-state index contributed by atoms with van der Waals surface area (Å²) in [7, 11) is 0. The van der Waals surface area contributed by atoms with Gasteiger partial charge in [-0.3, -0.25) is 0 Å². The maximum atomic E-state index is 3.67. The molecule has 0 amide bonds. The molecule has 1 N–H and O–H groups in total. The lowest BCUT2D eigenvalue weighted by molar-refractivity contribution is 0.544. The van der Waals surface area contributed by atoms with Crippen molar-refractivity contribution in [1.82, 2.24) is 5.32 Å². The Morgan fingerprint density at radius 1 is 0.875 bits per heavy atom. The zero-order chi connectivity index (χ0) is 11.6. The van der Waals surface area contributed by atoms with Crippen LogP contribution >= 0.6 is 0 Å². The van der Waals surface area contributed by atoms with Gasteiger partial charge in [0.25, 0.3) is 0 Å². The van der Waals surface area contributed by atoms with E-state index in [9.17, 15) is 0 Å². The van der Waals surface area contributed by atoms with Crippen molar-refractivity contribution in [3.05, 3.63) is 0 Å². The van der Waals surface area contributed by atoms with Crippen LogP contribution < -0.4 is 5.32 Å². The van der Waals surface area contributed by atoms with Crippen LogP contribution in [-0.4, -0.2) is 12.6 Å². The maximum absolute atomic E-state index is 3.67. The second-order valence-electron chi connectivity index (χ2n) is 5.44. The van der Waals surface area contributed by atoms with E-state index in [1.54, 1.807) is 0 Å². The lowest BCUT2D eigenvalue weighted by Crippen LogP contribution is -2.19. The van der Waals surface area contributed by atoms with Crippen LogP contribution in [0, 0.1) is 5.92 Å². The molecule has 1 rings (SSSR count). The minimum atomic E-state index is 0.884. The van der Waals surface area contributed by atoms with Crippen LogP contribution in [0.15, 0.2) is 0 Å². The molecule has 0 aliphatic heterocycles. The van der Waals surface area contributed by atoms with E-state index >= 15 is 0 Å². The van der Waals surface area contributed by atoms with Gasteiger partial charge in [0.2, 0.25) is 0 Å². The summed E-state index contributed by atoms with van der Waals surface area (Å²) in [6.07, 6.45) is 14.3. The molecule has 0 radical (unpaired) electrons. The average Bonchev–Trinajstić information content (AvgIpc) is 3.05. The van der Waals surface area contributed by atoms with Crippen molar-refractivity contribution in [3.8, 4) is 0 Å². The van der Waals surface area contributed by atoms with Crippen molar-refractivity contribution in [2.45, 2.75) is 84.1 Å². The largest absolute Gasteiger partial charge is 0.314 e. The number of hydrogen-bond donors (Lipinski definition) is 1. The molecule has 0 aromatic rings. The van der Waals surface area contributed by atoms with Crippen molar-refractivity contribution in [2.75, 3.05) is 6.54 Å². The van der Waals surface area contributed by atoms with Crippen LogP contribution in [0.2, 0.25) is 0 Å². The highest BCUT2D eigenvalue weighted by Crippen LogP contribution is 2.32. The Hall–Kier alpha value is -0.0400. The predicted molar refractivity (Wildman–Crippen MR) is 72.8 cm³/mol. The van der Waals surface area contributed by atoms with Gasteiger partial charge in [-0.2, -0.15) is 0 Å². The summed E-state index contributed by atoms with van der Waals surface area (Å²) in [5.41, 5.74) is 0. The number of rotatable bonds is 11. The molecule has 1 aliphatic carbocycles. The highest BCUT2D eigenvalue weighted by molar-refractivity contribution is 4.91. The molecule has 96 valence electrons. The minimum absolute atomic E-state index is 0.884. The Balaban J connectivity index is 1.69. The van der Waals surface area contributed by atoms with E-state index in [1.165, 1.54) is 70.8 Å². The van der Waals surface area contributed by atoms with E-state index in [2.05, 4.69) is 19.2 Å². The summed E-state index contributed by atoms with van der Waals surface area (Å²) in [4.78, 5) is 0. The topological polar surface area (TPSA) is 12.0 Å². The maximum Gasteiger partial charge on any atom is 0.00990 e. The van der Waals surface area contributed by atoms with Crippen LogP contribution in [-0.2, 0) is 0 Å². The van der Waals surface area contributed by atoms with Gasteiger partial charge in [0.15, 0.2) is 0 Å². The molecule has 1 aliphatic rings. The van der Waals surface area contributed by atoms with Gasteiger partial charge in [-0.15, -0.1) is 0 Å². The van der Waals surface area contributed by atoms with Crippen molar-refractivity contribution < 1.29 is 0 Å². The molecule has 0 saturated heterocycles. The standard InChI is InChI=1S/C15H31N/c1-3-5-6-7-8-9-10-11-12-16-15-13-14(15)4-2/h14-16H,3-13H2,1-2H3. The number of nitrogens with one attached hydrogen (secondary N) is 1. The molecule has 1 nitrogen and oxygen atoms in total. The van der Waals surface area contributed by atoms with Gasteiger partial charge in [0.1, 0.15) is 0 Å². The fraction of sp³-hybridized carbons (Fsp3) is 1.00. The van der Waals surface area contributed by atoms with Gasteiger partial charge in [-0.25, -0.2) is 0 Å². The van der Waals surface area contributed by atoms with Gasteiger partial charge in [-0.1, -0.05) is 65.2 Å². The van der Waals surface area contributed by atoms with Crippen molar-refractivity contribution >= 4 is 0 Å². The smallest absolute Gasteiger partial charge is 0.00990 e. The molecule has 2 atom stereocenters. The van der Waals surface area contributed by atoms with E-state index in [0.717, 1.165) is 12.0 Å². The van der Waals surface area contributed by atoms with Crippen LogP contribution in [0.3, 0.4) is 0 Å². The zero-order valence-corrected chi connectivity index (χ0v) is 11.4. The van der Waals surface area contributed by atoms with Crippen LogP contribution in [0.25, 0.3) is 0 Å². The molecule has 0 heterocycles. The molecule has 1 saturated carbocycles. The molecular weight excluding hydrogens is 194 g/mol. The van der Waals surface area contributed by atoms with Gasteiger partial charge in [-0.05, 0) is 25.3 Å². The predicted octanol–water partition coefficient (Wildman–Crippen LogP) is 4.52.